The second-order valence-corrected chi connectivity index (χ2v) is 10.5. The van der Waals surface area contributed by atoms with Gasteiger partial charge < -0.3 is 9.88 Å². The Labute approximate surface area is 196 Å². The lowest BCUT2D eigenvalue weighted by Crippen LogP contribution is -2.15. The number of nitrogens with one attached hydrogen (secondary N) is 1. The molecule has 0 radical (unpaired) electrons. The van der Waals surface area contributed by atoms with Gasteiger partial charge in [-0.15, -0.1) is 21.5 Å². The molecule has 2 aromatic heterocycles. The Kier molecular flexibility index (Phi) is 7.04. The smallest absolute Gasteiger partial charge is 0.234 e. The van der Waals surface area contributed by atoms with Crippen molar-refractivity contribution in [2.24, 2.45) is 5.92 Å². The summed E-state index contributed by atoms with van der Waals surface area (Å²) in [7, 11) is 0. The van der Waals surface area contributed by atoms with Crippen LogP contribution in [0.15, 0.2) is 28.7 Å². The number of fused-ring (bicyclic) bond motifs is 1. The first kappa shape index (κ1) is 22.4. The summed E-state index contributed by atoms with van der Waals surface area (Å²) in [6.07, 6.45) is 4.48. The monoisotopic (exact) mass is 474 g/mol. The van der Waals surface area contributed by atoms with E-state index in [1.165, 1.54) is 34.2 Å². The maximum atomic E-state index is 12.5. The summed E-state index contributed by atoms with van der Waals surface area (Å²) in [4.78, 5) is 14.0. The number of carbonyl (C=O) groups is 1. The molecule has 8 heteroatoms. The molecule has 3 aromatic rings. The fourth-order valence-electron chi connectivity index (χ4n) is 3.93. The first-order valence-corrected chi connectivity index (χ1v) is 12.9. The van der Waals surface area contributed by atoms with Gasteiger partial charge in [-0.1, -0.05) is 43.3 Å². The summed E-state index contributed by atoms with van der Waals surface area (Å²) in [5, 5.41) is 15.6. The van der Waals surface area contributed by atoms with Crippen molar-refractivity contribution >= 4 is 46.3 Å². The van der Waals surface area contributed by atoms with Gasteiger partial charge in [-0.05, 0) is 61.8 Å². The van der Waals surface area contributed by atoms with Gasteiger partial charge in [0.2, 0.25) is 5.91 Å². The molecule has 0 spiro atoms. The molecule has 0 bridgehead atoms. The molecular weight excluding hydrogens is 448 g/mol. The van der Waals surface area contributed by atoms with Crippen LogP contribution >= 0.6 is 34.7 Å². The lowest BCUT2D eigenvalue weighted by atomic mass is 9.88. The van der Waals surface area contributed by atoms with Crippen LogP contribution in [-0.2, 0) is 24.2 Å². The summed E-state index contributed by atoms with van der Waals surface area (Å²) >= 11 is 9.34. The molecule has 1 atom stereocenters. The van der Waals surface area contributed by atoms with Crippen molar-refractivity contribution in [2.45, 2.75) is 58.2 Å². The molecule has 164 valence electrons. The lowest BCUT2D eigenvalue weighted by molar-refractivity contribution is -0.113. The van der Waals surface area contributed by atoms with E-state index in [-0.39, 0.29) is 11.7 Å². The highest BCUT2D eigenvalue weighted by Crippen LogP contribution is 2.38. The molecule has 1 aliphatic carbocycles. The van der Waals surface area contributed by atoms with Gasteiger partial charge in [0.05, 0.1) is 5.75 Å². The third kappa shape index (κ3) is 4.99. The van der Waals surface area contributed by atoms with E-state index >= 15 is 0 Å². The Hall–Kier alpha value is -1.83. The van der Waals surface area contributed by atoms with Crippen molar-refractivity contribution in [1.29, 1.82) is 0 Å². The van der Waals surface area contributed by atoms with E-state index in [9.17, 15) is 4.79 Å². The molecule has 2 heterocycles. The van der Waals surface area contributed by atoms with Crippen molar-refractivity contribution in [3.8, 4) is 11.4 Å². The Balaban J connectivity index is 1.50. The van der Waals surface area contributed by atoms with Gasteiger partial charge in [-0.2, -0.15) is 0 Å². The van der Waals surface area contributed by atoms with Gasteiger partial charge >= 0.3 is 0 Å². The Bertz CT molecular complexity index is 1090. The highest BCUT2D eigenvalue weighted by Gasteiger charge is 2.24. The molecule has 1 amide bonds. The molecule has 1 unspecified atom stereocenters. The minimum absolute atomic E-state index is 0.0788. The Morgan fingerprint density at radius 3 is 3.03 bits per heavy atom. The summed E-state index contributed by atoms with van der Waals surface area (Å²) in [6.45, 7) is 7.26. The molecular formula is C23H27ClN4OS2. The number of amides is 1. The number of carbonyl (C=O) groups excluding carboxylic acids is 1. The van der Waals surface area contributed by atoms with Crippen molar-refractivity contribution in [3.63, 3.8) is 0 Å². The number of nitrogens with zero attached hydrogens (tertiary/aromatic N) is 3. The number of thioether (sulfide) groups is 1. The van der Waals surface area contributed by atoms with E-state index in [4.69, 9.17) is 11.6 Å². The quantitative estimate of drug-likeness (QED) is 0.412. The van der Waals surface area contributed by atoms with E-state index in [0.717, 1.165) is 54.0 Å². The van der Waals surface area contributed by atoms with E-state index in [0.29, 0.717) is 5.02 Å². The van der Waals surface area contributed by atoms with Crippen LogP contribution in [0.2, 0.25) is 5.02 Å². The number of aromatic nitrogens is 3. The maximum Gasteiger partial charge on any atom is 0.234 e. The fraction of sp³-hybridized carbons (Fsp3) is 0.435. The van der Waals surface area contributed by atoms with E-state index in [1.54, 1.807) is 6.07 Å². The zero-order valence-corrected chi connectivity index (χ0v) is 20.5. The first-order valence-electron chi connectivity index (χ1n) is 10.7. The molecule has 0 saturated heterocycles. The van der Waals surface area contributed by atoms with E-state index < -0.39 is 0 Å². The van der Waals surface area contributed by atoms with Gasteiger partial charge in [0.25, 0.3) is 0 Å². The molecule has 1 N–H and O–H groups in total. The van der Waals surface area contributed by atoms with Crippen LogP contribution in [0, 0.1) is 12.8 Å². The van der Waals surface area contributed by atoms with Crippen LogP contribution in [0.4, 0.5) is 5.69 Å². The second kappa shape index (κ2) is 9.76. The largest absolute Gasteiger partial charge is 0.325 e. The van der Waals surface area contributed by atoms with Crippen LogP contribution < -0.4 is 5.32 Å². The first-order chi connectivity index (χ1) is 15.0. The number of anilines is 1. The van der Waals surface area contributed by atoms with Crippen LogP contribution in [0.3, 0.4) is 0 Å². The molecule has 31 heavy (non-hydrogen) atoms. The molecule has 0 saturated carbocycles. The molecule has 4 rings (SSSR count). The van der Waals surface area contributed by atoms with Crippen molar-refractivity contribution in [3.05, 3.63) is 44.6 Å². The average molecular weight is 475 g/mol. The van der Waals surface area contributed by atoms with Crippen LogP contribution in [0.5, 0.6) is 0 Å². The summed E-state index contributed by atoms with van der Waals surface area (Å²) in [6, 6.07) is 5.50. The fourth-order valence-corrected chi connectivity index (χ4v) is 6.11. The zero-order chi connectivity index (χ0) is 22.0. The number of thiophene rings is 1. The molecule has 1 aromatic carbocycles. The minimum atomic E-state index is -0.0788. The van der Waals surface area contributed by atoms with E-state index in [1.807, 2.05) is 30.4 Å². The molecule has 0 aliphatic heterocycles. The predicted octanol–water partition coefficient (Wildman–Crippen LogP) is 6.23. The van der Waals surface area contributed by atoms with Crippen LogP contribution in [0.1, 0.15) is 42.7 Å². The number of halogens is 1. The van der Waals surface area contributed by atoms with Gasteiger partial charge in [0.1, 0.15) is 0 Å². The molecule has 1 aliphatic rings. The van der Waals surface area contributed by atoms with Crippen molar-refractivity contribution in [1.82, 2.24) is 14.8 Å². The summed E-state index contributed by atoms with van der Waals surface area (Å²) in [5.74, 6) is 1.88. The Morgan fingerprint density at radius 1 is 1.39 bits per heavy atom. The maximum absolute atomic E-state index is 12.5. The number of hydrogen-bond donors (Lipinski definition) is 1. The van der Waals surface area contributed by atoms with Crippen molar-refractivity contribution < 1.29 is 4.79 Å². The third-order valence-corrected chi connectivity index (χ3v) is 7.87. The average Bonchev–Trinajstić information content (AvgIpc) is 3.32. The van der Waals surface area contributed by atoms with Gasteiger partial charge in [-0.25, -0.2) is 0 Å². The highest BCUT2D eigenvalue weighted by molar-refractivity contribution is 7.99. The minimum Gasteiger partial charge on any atom is -0.325 e. The Morgan fingerprint density at radius 2 is 2.23 bits per heavy atom. The predicted molar refractivity (Wildman–Crippen MR) is 130 cm³/mol. The molecule has 0 fully saturated rings. The normalized spacial score (nSPS) is 15.7. The SMILES string of the molecule is CCCn1c(SCC(=O)Nc2cc(Cl)ccc2C)nnc1-c1csc2c1CCC(C)C2. The second-order valence-electron chi connectivity index (χ2n) is 8.15. The number of rotatable bonds is 7. The van der Waals surface area contributed by atoms with Gasteiger partial charge in [0, 0.05) is 33.1 Å². The third-order valence-electron chi connectivity index (χ3n) is 5.61. The number of hydrogen-bond acceptors (Lipinski definition) is 5. The van der Waals surface area contributed by atoms with Gasteiger partial charge in [-0.3, -0.25) is 4.79 Å². The lowest BCUT2D eigenvalue weighted by Gasteiger charge is -2.19. The number of benzene rings is 1. The zero-order valence-electron chi connectivity index (χ0n) is 18.1. The van der Waals surface area contributed by atoms with E-state index in [2.05, 4.69) is 39.3 Å². The van der Waals surface area contributed by atoms with Crippen molar-refractivity contribution in [2.75, 3.05) is 11.1 Å². The highest BCUT2D eigenvalue weighted by atomic mass is 35.5. The van der Waals surface area contributed by atoms with Crippen LogP contribution in [-0.4, -0.2) is 26.4 Å². The summed E-state index contributed by atoms with van der Waals surface area (Å²) in [5.41, 5.74) is 4.39. The van der Waals surface area contributed by atoms with Crippen LogP contribution in [0.25, 0.3) is 11.4 Å². The topological polar surface area (TPSA) is 59.8 Å². The summed E-state index contributed by atoms with van der Waals surface area (Å²) < 4.78 is 2.17. The van der Waals surface area contributed by atoms with Gasteiger partial charge in [0.15, 0.2) is 11.0 Å². The number of aryl methyl sites for hydroxylation is 1. The standard InChI is InChI=1S/C23H27ClN4OS2/c1-4-9-28-22(18-12-30-20-10-14(2)5-8-17(18)20)26-27-23(28)31-13-21(29)25-19-11-16(24)7-6-15(19)3/h6-7,11-12,14H,4-5,8-10,13H2,1-3H3,(H,25,29). The molecule has 5 nitrogen and oxygen atoms in total.